The van der Waals surface area contributed by atoms with Gasteiger partial charge in [0, 0.05) is 0 Å². The third-order valence-electron chi connectivity index (χ3n) is 4.84. The van der Waals surface area contributed by atoms with E-state index in [-0.39, 0.29) is 11.9 Å². The Balaban J connectivity index is 2.34. The third kappa shape index (κ3) is 10.5. The molecule has 0 aromatic rings. The van der Waals surface area contributed by atoms with Gasteiger partial charge in [-0.05, 0) is 38.5 Å². The van der Waals surface area contributed by atoms with Crippen molar-refractivity contribution in [2.45, 2.75) is 78.1 Å². The van der Waals surface area contributed by atoms with Crippen molar-refractivity contribution in [2.75, 3.05) is 13.2 Å². The second kappa shape index (κ2) is 16.1. The normalized spacial score (nSPS) is 19.4. The molecule has 0 aliphatic heterocycles. The van der Waals surface area contributed by atoms with Crippen molar-refractivity contribution in [3.63, 3.8) is 0 Å². The first kappa shape index (κ1) is 24.2. The predicted octanol–water partition coefficient (Wildman–Crippen LogP) is 5.93. The van der Waals surface area contributed by atoms with Crippen LogP contribution in [-0.2, 0) is 19.1 Å². The summed E-state index contributed by atoms with van der Waals surface area (Å²) in [5.41, 5.74) is 0. The SMILES string of the molecule is CCCC/C=C/CCOC(=O)C1C=CCCC1C(=O)OCC/C=C/CCCC. The number of rotatable bonds is 14. The quantitative estimate of drug-likeness (QED) is 0.210. The predicted molar refractivity (Wildman–Crippen MR) is 114 cm³/mol. The van der Waals surface area contributed by atoms with Crippen LogP contribution in [0, 0.1) is 11.8 Å². The molecule has 1 aliphatic carbocycles. The van der Waals surface area contributed by atoms with Crippen molar-refractivity contribution < 1.29 is 19.1 Å². The van der Waals surface area contributed by atoms with Crippen LogP contribution in [0.1, 0.15) is 78.1 Å². The molecule has 0 aromatic heterocycles. The summed E-state index contributed by atoms with van der Waals surface area (Å²) < 4.78 is 10.8. The molecule has 1 aliphatic rings. The molecule has 0 fully saturated rings. The van der Waals surface area contributed by atoms with Crippen LogP contribution in [0.4, 0.5) is 0 Å². The minimum Gasteiger partial charge on any atom is -0.465 e. The number of unbranched alkanes of at least 4 members (excludes halogenated alkanes) is 4. The van der Waals surface area contributed by atoms with Gasteiger partial charge in [-0.3, -0.25) is 9.59 Å². The molecular formula is C24H38O4. The number of carbonyl (C=O) groups excluding carboxylic acids is 2. The van der Waals surface area contributed by atoms with Gasteiger partial charge in [-0.1, -0.05) is 76.0 Å². The van der Waals surface area contributed by atoms with Crippen molar-refractivity contribution >= 4 is 11.9 Å². The van der Waals surface area contributed by atoms with Gasteiger partial charge >= 0.3 is 11.9 Å². The topological polar surface area (TPSA) is 52.6 Å². The lowest BCUT2D eigenvalue weighted by Crippen LogP contribution is -2.33. The van der Waals surface area contributed by atoms with Gasteiger partial charge in [-0.2, -0.15) is 0 Å². The van der Waals surface area contributed by atoms with Crippen LogP contribution in [0.5, 0.6) is 0 Å². The highest BCUT2D eigenvalue weighted by atomic mass is 16.5. The molecule has 0 bridgehead atoms. The van der Waals surface area contributed by atoms with E-state index < -0.39 is 11.8 Å². The molecule has 0 radical (unpaired) electrons. The minimum atomic E-state index is -0.523. The highest BCUT2D eigenvalue weighted by molar-refractivity contribution is 5.83. The molecule has 4 nitrogen and oxygen atoms in total. The molecule has 0 N–H and O–H groups in total. The fraction of sp³-hybridized carbons (Fsp3) is 0.667. The van der Waals surface area contributed by atoms with Crippen LogP contribution >= 0.6 is 0 Å². The monoisotopic (exact) mass is 390 g/mol. The van der Waals surface area contributed by atoms with Gasteiger partial charge in [0.2, 0.25) is 0 Å². The first-order valence-electron chi connectivity index (χ1n) is 11.0. The molecule has 4 heteroatoms. The highest BCUT2D eigenvalue weighted by Crippen LogP contribution is 2.27. The maximum atomic E-state index is 12.4. The van der Waals surface area contributed by atoms with E-state index in [1.165, 1.54) is 25.7 Å². The van der Waals surface area contributed by atoms with Crippen LogP contribution in [0.25, 0.3) is 0 Å². The Hall–Kier alpha value is -1.84. The largest absolute Gasteiger partial charge is 0.465 e. The Kier molecular flexibility index (Phi) is 14.0. The molecule has 2 atom stereocenters. The zero-order valence-corrected chi connectivity index (χ0v) is 17.7. The molecule has 2 unspecified atom stereocenters. The summed E-state index contributed by atoms with van der Waals surface area (Å²) in [7, 11) is 0. The number of carbonyl (C=O) groups is 2. The average molecular weight is 391 g/mol. The molecule has 28 heavy (non-hydrogen) atoms. The number of allylic oxidation sites excluding steroid dienone is 3. The van der Waals surface area contributed by atoms with Gasteiger partial charge in [0.05, 0.1) is 25.0 Å². The molecule has 0 heterocycles. The van der Waals surface area contributed by atoms with E-state index in [4.69, 9.17) is 9.47 Å². The van der Waals surface area contributed by atoms with Crippen molar-refractivity contribution in [2.24, 2.45) is 11.8 Å². The fourth-order valence-electron chi connectivity index (χ4n) is 3.11. The summed E-state index contributed by atoms with van der Waals surface area (Å²) in [5.74, 6) is -1.56. The summed E-state index contributed by atoms with van der Waals surface area (Å²) >= 11 is 0. The third-order valence-corrected chi connectivity index (χ3v) is 4.84. The Bertz CT molecular complexity index is 519. The van der Waals surface area contributed by atoms with E-state index in [0.717, 1.165) is 25.7 Å². The maximum Gasteiger partial charge on any atom is 0.313 e. The second-order valence-electron chi connectivity index (χ2n) is 7.28. The van der Waals surface area contributed by atoms with Crippen LogP contribution in [0.15, 0.2) is 36.5 Å². The Morgan fingerprint density at radius 3 is 1.96 bits per heavy atom. The number of hydrogen-bond acceptors (Lipinski definition) is 4. The molecule has 158 valence electrons. The minimum absolute atomic E-state index is 0.285. The molecule has 1 rings (SSSR count). The Morgan fingerprint density at radius 2 is 1.39 bits per heavy atom. The van der Waals surface area contributed by atoms with Crippen molar-refractivity contribution in [3.05, 3.63) is 36.5 Å². The summed E-state index contributed by atoms with van der Waals surface area (Å²) in [5, 5.41) is 0. The Morgan fingerprint density at radius 1 is 0.857 bits per heavy atom. The molecule has 0 spiro atoms. The zero-order chi connectivity index (χ0) is 20.5. The first-order valence-corrected chi connectivity index (χ1v) is 11.0. The average Bonchev–Trinajstić information content (AvgIpc) is 2.72. The van der Waals surface area contributed by atoms with E-state index in [1.807, 2.05) is 6.08 Å². The molecule has 0 saturated carbocycles. The van der Waals surface area contributed by atoms with E-state index in [1.54, 1.807) is 6.08 Å². The van der Waals surface area contributed by atoms with Crippen molar-refractivity contribution in [1.82, 2.24) is 0 Å². The molecule has 0 amide bonds. The number of ether oxygens (including phenoxy) is 2. The summed E-state index contributed by atoms with van der Waals surface area (Å²) in [6.07, 6.45) is 21.9. The molecular weight excluding hydrogens is 352 g/mol. The van der Waals surface area contributed by atoms with Gasteiger partial charge < -0.3 is 9.47 Å². The molecule has 0 aromatic carbocycles. The lowest BCUT2D eigenvalue weighted by Gasteiger charge is -2.24. The van der Waals surface area contributed by atoms with Gasteiger partial charge in [0.1, 0.15) is 0 Å². The second-order valence-corrected chi connectivity index (χ2v) is 7.28. The smallest absolute Gasteiger partial charge is 0.313 e. The van der Waals surface area contributed by atoms with E-state index in [9.17, 15) is 9.59 Å². The van der Waals surface area contributed by atoms with Crippen LogP contribution in [0.3, 0.4) is 0 Å². The lowest BCUT2D eigenvalue weighted by atomic mass is 9.84. The summed E-state index contributed by atoms with van der Waals surface area (Å²) in [6.45, 7) is 5.06. The van der Waals surface area contributed by atoms with E-state index in [0.29, 0.717) is 26.1 Å². The van der Waals surface area contributed by atoms with Gasteiger partial charge in [-0.25, -0.2) is 0 Å². The first-order chi connectivity index (χ1) is 13.7. The fourth-order valence-corrected chi connectivity index (χ4v) is 3.11. The highest BCUT2D eigenvalue weighted by Gasteiger charge is 2.35. The van der Waals surface area contributed by atoms with Crippen molar-refractivity contribution in [1.29, 1.82) is 0 Å². The maximum absolute atomic E-state index is 12.4. The lowest BCUT2D eigenvalue weighted by molar-refractivity contribution is -0.159. The molecule has 0 saturated heterocycles. The van der Waals surface area contributed by atoms with E-state index in [2.05, 4.69) is 38.2 Å². The van der Waals surface area contributed by atoms with Gasteiger partial charge in [-0.15, -0.1) is 0 Å². The van der Waals surface area contributed by atoms with Crippen LogP contribution in [0.2, 0.25) is 0 Å². The summed E-state index contributed by atoms with van der Waals surface area (Å²) in [6, 6.07) is 0. The van der Waals surface area contributed by atoms with E-state index >= 15 is 0 Å². The van der Waals surface area contributed by atoms with Gasteiger partial charge in [0.25, 0.3) is 0 Å². The number of hydrogen-bond donors (Lipinski definition) is 0. The van der Waals surface area contributed by atoms with Crippen LogP contribution in [-0.4, -0.2) is 25.2 Å². The number of esters is 2. The summed E-state index contributed by atoms with van der Waals surface area (Å²) in [4.78, 5) is 24.8. The van der Waals surface area contributed by atoms with Crippen LogP contribution < -0.4 is 0 Å². The zero-order valence-electron chi connectivity index (χ0n) is 17.7. The van der Waals surface area contributed by atoms with Gasteiger partial charge in [0.15, 0.2) is 0 Å². The Labute approximate surface area is 171 Å². The standard InChI is InChI=1S/C24H38O4/c1-3-5-7-9-11-15-19-27-23(25)21-17-13-14-18-22(21)24(26)28-20-16-12-10-8-6-4-2/h9-13,17,21-22H,3-8,14-16,18-20H2,1-2H3/b11-9+,12-10+. The van der Waals surface area contributed by atoms with Crippen molar-refractivity contribution in [3.8, 4) is 0 Å².